The molecule has 4 amide bonds. The average Bonchev–Trinajstić information content (AvgIpc) is 3.33. The molecule has 1 unspecified atom stereocenters. The van der Waals surface area contributed by atoms with E-state index in [0.29, 0.717) is 27.8 Å². The molecule has 1 atom stereocenters. The van der Waals surface area contributed by atoms with Gasteiger partial charge in [-0.3, -0.25) is 14.5 Å². The monoisotopic (exact) mass is 459 g/mol. The molecule has 0 radical (unpaired) electrons. The van der Waals surface area contributed by atoms with Crippen molar-refractivity contribution in [2.24, 2.45) is 0 Å². The number of hydrogen-bond acceptors (Lipinski definition) is 6. The molecule has 4 rings (SSSR count). The molecule has 2 aromatic rings. The van der Waals surface area contributed by atoms with Crippen molar-refractivity contribution < 1.29 is 28.6 Å². The number of halogens is 1. The van der Waals surface area contributed by atoms with Crippen LogP contribution < -0.4 is 19.5 Å². The molecule has 32 heavy (non-hydrogen) atoms. The Kier molecular flexibility index (Phi) is 5.84. The van der Waals surface area contributed by atoms with Crippen LogP contribution in [0.5, 0.6) is 17.2 Å². The number of urea groups is 1. The molecule has 168 valence electrons. The van der Waals surface area contributed by atoms with Crippen molar-refractivity contribution in [3.8, 4) is 17.2 Å². The van der Waals surface area contributed by atoms with Crippen molar-refractivity contribution in [1.82, 2.24) is 15.1 Å². The van der Waals surface area contributed by atoms with Crippen molar-refractivity contribution in [3.63, 3.8) is 0 Å². The molecular formula is C22H22ClN3O6. The van der Waals surface area contributed by atoms with Gasteiger partial charge in [-0.25, -0.2) is 4.79 Å². The molecule has 2 aromatic carbocycles. The summed E-state index contributed by atoms with van der Waals surface area (Å²) in [5, 5.41) is 3.29. The molecule has 9 nitrogen and oxygen atoms in total. The maximum Gasteiger partial charge on any atom is 0.325 e. The molecule has 0 aromatic heterocycles. The molecule has 10 heteroatoms. The number of ether oxygens (including phenoxy) is 3. The van der Waals surface area contributed by atoms with Gasteiger partial charge in [0.2, 0.25) is 12.7 Å². The highest BCUT2D eigenvalue weighted by molar-refractivity contribution is 6.30. The predicted molar refractivity (Wildman–Crippen MR) is 115 cm³/mol. The summed E-state index contributed by atoms with van der Waals surface area (Å²) in [5.41, 5.74) is -0.769. The molecule has 1 fully saturated rings. The van der Waals surface area contributed by atoms with Crippen LogP contribution in [0.3, 0.4) is 0 Å². The van der Waals surface area contributed by atoms with Gasteiger partial charge in [-0.1, -0.05) is 17.7 Å². The van der Waals surface area contributed by atoms with Crippen LogP contribution in [-0.2, 0) is 15.1 Å². The van der Waals surface area contributed by atoms with Crippen LogP contribution in [0.15, 0.2) is 42.5 Å². The standard InChI is InChI=1S/C22H22ClN3O6/c1-22(14-3-8-17-18(11-14)32-13-31-17)20(28)26(21(29)24-22)12-19(27)25(2)9-10-30-16-6-4-15(23)5-7-16/h3-8,11H,9-10,12-13H2,1-2H3,(H,24,29). The van der Waals surface area contributed by atoms with Gasteiger partial charge in [0.05, 0.1) is 6.54 Å². The zero-order chi connectivity index (χ0) is 22.9. The molecule has 0 aliphatic carbocycles. The third-order valence-corrected chi connectivity index (χ3v) is 5.71. The Labute approximate surface area is 189 Å². The van der Waals surface area contributed by atoms with E-state index in [1.807, 2.05) is 0 Å². The molecule has 0 bridgehead atoms. The van der Waals surface area contributed by atoms with E-state index in [1.165, 1.54) is 4.90 Å². The number of amides is 4. The van der Waals surface area contributed by atoms with Gasteiger partial charge in [-0.2, -0.15) is 0 Å². The largest absolute Gasteiger partial charge is 0.492 e. The second-order valence-electron chi connectivity index (χ2n) is 7.63. The van der Waals surface area contributed by atoms with Gasteiger partial charge >= 0.3 is 6.03 Å². The normalized spacial score (nSPS) is 19.2. The van der Waals surface area contributed by atoms with Gasteiger partial charge in [-0.15, -0.1) is 0 Å². The van der Waals surface area contributed by atoms with E-state index in [1.54, 1.807) is 56.4 Å². The number of carbonyl (C=O) groups is 3. The summed E-state index contributed by atoms with van der Waals surface area (Å²) in [5.74, 6) is 0.803. The lowest BCUT2D eigenvalue weighted by Gasteiger charge is -2.23. The molecule has 1 saturated heterocycles. The lowest BCUT2D eigenvalue weighted by atomic mass is 9.91. The Morgan fingerprint density at radius 1 is 1.19 bits per heavy atom. The third-order valence-electron chi connectivity index (χ3n) is 5.45. The Morgan fingerprint density at radius 3 is 2.66 bits per heavy atom. The lowest BCUT2D eigenvalue weighted by Crippen LogP contribution is -2.44. The lowest BCUT2D eigenvalue weighted by molar-refractivity contribution is -0.138. The van der Waals surface area contributed by atoms with Gasteiger partial charge in [0.25, 0.3) is 5.91 Å². The predicted octanol–water partition coefficient (Wildman–Crippen LogP) is 2.37. The fourth-order valence-electron chi connectivity index (χ4n) is 3.46. The van der Waals surface area contributed by atoms with Gasteiger partial charge < -0.3 is 24.4 Å². The molecule has 2 aliphatic heterocycles. The first kappa shape index (κ1) is 21.8. The van der Waals surface area contributed by atoms with E-state index in [4.69, 9.17) is 25.8 Å². The van der Waals surface area contributed by atoms with Gasteiger partial charge in [-0.05, 0) is 48.9 Å². The van der Waals surface area contributed by atoms with Crippen LogP contribution in [0.25, 0.3) is 0 Å². The number of nitrogens with one attached hydrogen (secondary N) is 1. The van der Waals surface area contributed by atoms with E-state index in [2.05, 4.69) is 5.32 Å². The van der Waals surface area contributed by atoms with Crippen LogP contribution in [-0.4, -0.2) is 61.2 Å². The van der Waals surface area contributed by atoms with Crippen molar-refractivity contribution in [1.29, 1.82) is 0 Å². The number of imide groups is 1. The molecule has 0 spiro atoms. The summed E-state index contributed by atoms with van der Waals surface area (Å²) in [6.07, 6.45) is 0. The van der Waals surface area contributed by atoms with E-state index in [-0.39, 0.29) is 32.4 Å². The number of carbonyl (C=O) groups excluding carboxylic acids is 3. The number of rotatable bonds is 7. The minimum atomic E-state index is -1.31. The van der Waals surface area contributed by atoms with E-state index in [9.17, 15) is 14.4 Å². The second-order valence-corrected chi connectivity index (χ2v) is 8.07. The third kappa shape index (κ3) is 4.16. The highest BCUT2D eigenvalue weighted by Gasteiger charge is 2.50. The first-order valence-electron chi connectivity index (χ1n) is 9.94. The maximum atomic E-state index is 13.1. The summed E-state index contributed by atoms with van der Waals surface area (Å²) in [4.78, 5) is 40.6. The summed E-state index contributed by atoms with van der Waals surface area (Å²) in [6.45, 7) is 1.86. The highest BCUT2D eigenvalue weighted by Crippen LogP contribution is 2.37. The summed E-state index contributed by atoms with van der Waals surface area (Å²) >= 11 is 5.84. The summed E-state index contributed by atoms with van der Waals surface area (Å²) in [7, 11) is 1.59. The van der Waals surface area contributed by atoms with Crippen molar-refractivity contribution in [3.05, 3.63) is 53.1 Å². The number of nitrogens with zero attached hydrogens (tertiary/aromatic N) is 2. The van der Waals surface area contributed by atoms with E-state index >= 15 is 0 Å². The highest BCUT2D eigenvalue weighted by atomic mass is 35.5. The minimum Gasteiger partial charge on any atom is -0.492 e. The topological polar surface area (TPSA) is 97.4 Å². The zero-order valence-corrected chi connectivity index (χ0v) is 18.3. The summed E-state index contributed by atoms with van der Waals surface area (Å²) < 4.78 is 16.2. The molecule has 0 saturated carbocycles. The Bertz CT molecular complexity index is 1060. The van der Waals surface area contributed by atoms with Crippen molar-refractivity contribution in [2.75, 3.05) is 33.5 Å². The van der Waals surface area contributed by atoms with Gasteiger partial charge in [0.1, 0.15) is 24.4 Å². The number of hydrogen-bond donors (Lipinski definition) is 1. The zero-order valence-electron chi connectivity index (χ0n) is 17.6. The van der Waals surface area contributed by atoms with Crippen molar-refractivity contribution in [2.45, 2.75) is 12.5 Å². The number of likely N-dealkylation sites (N-methyl/N-ethyl adjacent to an activating group) is 1. The Hall–Kier alpha value is -3.46. The van der Waals surface area contributed by atoms with E-state index in [0.717, 1.165) is 4.90 Å². The maximum absolute atomic E-state index is 13.1. The van der Waals surface area contributed by atoms with Gasteiger partial charge in [0.15, 0.2) is 11.5 Å². The number of benzene rings is 2. The first-order chi connectivity index (χ1) is 15.3. The van der Waals surface area contributed by atoms with Crippen LogP contribution in [0.4, 0.5) is 4.79 Å². The molecular weight excluding hydrogens is 438 g/mol. The van der Waals surface area contributed by atoms with E-state index < -0.39 is 17.5 Å². The van der Waals surface area contributed by atoms with Crippen LogP contribution in [0.2, 0.25) is 5.02 Å². The smallest absolute Gasteiger partial charge is 0.325 e. The van der Waals surface area contributed by atoms with Crippen LogP contribution in [0.1, 0.15) is 12.5 Å². The van der Waals surface area contributed by atoms with Crippen LogP contribution >= 0.6 is 11.6 Å². The molecule has 1 N–H and O–H groups in total. The van der Waals surface area contributed by atoms with Crippen LogP contribution in [0, 0.1) is 0 Å². The first-order valence-corrected chi connectivity index (χ1v) is 10.3. The fourth-order valence-corrected chi connectivity index (χ4v) is 3.58. The molecule has 2 heterocycles. The van der Waals surface area contributed by atoms with Crippen molar-refractivity contribution >= 4 is 29.4 Å². The second kappa shape index (κ2) is 8.58. The average molecular weight is 460 g/mol. The number of fused-ring (bicyclic) bond motifs is 1. The fraction of sp³-hybridized carbons (Fsp3) is 0.318. The Morgan fingerprint density at radius 2 is 1.91 bits per heavy atom. The quantitative estimate of drug-likeness (QED) is 0.638. The van der Waals surface area contributed by atoms with Gasteiger partial charge in [0, 0.05) is 12.1 Å². The Balaban J connectivity index is 1.36. The molecule has 2 aliphatic rings. The minimum absolute atomic E-state index is 0.102. The summed E-state index contributed by atoms with van der Waals surface area (Å²) in [6, 6.07) is 11.3. The SMILES string of the molecule is CN(CCOc1ccc(Cl)cc1)C(=O)CN1C(=O)NC(C)(c2ccc3c(c2)OCO3)C1=O.